The monoisotopic (exact) mass is 540 g/mol. The van der Waals surface area contributed by atoms with Crippen molar-refractivity contribution in [2.45, 2.75) is 12.7 Å². The van der Waals surface area contributed by atoms with Crippen molar-refractivity contribution < 1.29 is 41.8 Å². The first-order valence-electron chi connectivity index (χ1n) is 11.5. The predicted octanol–water partition coefficient (Wildman–Crippen LogP) is 5.33. The highest BCUT2D eigenvalue weighted by atomic mass is 19.4. The zero-order valence-electron chi connectivity index (χ0n) is 21.1. The summed E-state index contributed by atoms with van der Waals surface area (Å²) in [5, 5.41) is 2.87. The van der Waals surface area contributed by atoms with E-state index in [9.17, 15) is 27.6 Å². The van der Waals surface area contributed by atoms with Crippen LogP contribution in [0.2, 0.25) is 0 Å². The van der Waals surface area contributed by atoms with Gasteiger partial charge in [-0.2, -0.15) is 13.2 Å². The number of nitrogens with one attached hydrogen (secondary N) is 1. The Balaban J connectivity index is 1.69. The number of benzene rings is 3. The molecule has 0 radical (unpaired) electrons. The molecule has 3 aromatic carbocycles. The number of hydrogen-bond donors (Lipinski definition) is 1. The van der Waals surface area contributed by atoms with Crippen molar-refractivity contribution in [3.63, 3.8) is 0 Å². The van der Waals surface area contributed by atoms with Gasteiger partial charge in [0.05, 0.1) is 43.7 Å². The van der Waals surface area contributed by atoms with E-state index < -0.39 is 29.4 Å². The normalized spacial score (nSPS) is 11.2. The summed E-state index contributed by atoms with van der Waals surface area (Å²) in [6, 6.07) is 14.2. The standard InChI is InChI=1S/C28H23F3N2O6/c1-37-23-12-19(27(36)39-3)21(13-24(23)38-2)32-26(35)25(34)20-15-33(22-10-5-4-9-18(20)22)14-16-7-6-8-17(11-16)28(29,30)31/h4-13,15H,14H2,1-3H3,(H,32,35). The molecular weight excluding hydrogens is 517 g/mol. The minimum absolute atomic E-state index is 0.0293. The summed E-state index contributed by atoms with van der Waals surface area (Å²) >= 11 is 0. The third kappa shape index (κ3) is 5.57. The summed E-state index contributed by atoms with van der Waals surface area (Å²) in [4.78, 5) is 38.7. The first kappa shape index (κ1) is 27.2. The van der Waals surface area contributed by atoms with Crippen molar-refractivity contribution in [3.8, 4) is 11.5 Å². The molecule has 4 aromatic rings. The number of aromatic nitrogens is 1. The van der Waals surface area contributed by atoms with Crippen LogP contribution >= 0.6 is 0 Å². The molecular formula is C28H23F3N2O6. The lowest BCUT2D eigenvalue weighted by Gasteiger charge is -2.14. The maximum Gasteiger partial charge on any atom is 0.416 e. The first-order valence-corrected chi connectivity index (χ1v) is 11.5. The van der Waals surface area contributed by atoms with Crippen LogP contribution in [-0.2, 0) is 22.3 Å². The van der Waals surface area contributed by atoms with Gasteiger partial charge in [0.25, 0.3) is 11.7 Å². The smallest absolute Gasteiger partial charge is 0.416 e. The number of amides is 1. The third-order valence-electron chi connectivity index (χ3n) is 6.02. The molecule has 0 atom stereocenters. The lowest BCUT2D eigenvalue weighted by atomic mass is 10.1. The number of nitrogens with zero attached hydrogens (tertiary/aromatic N) is 1. The number of fused-ring (bicyclic) bond motifs is 1. The number of ketones is 1. The van der Waals surface area contributed by atoms with E-state index in [1.54, 1.807) is 34.9 Å². The molecule has 0 spiro atoms. The fraction of sp³-hybridized carbons (Fsp3) is 0.179. The summed E-state index contributed by atoms with van der Waals surface area (Å²) in [5.74, 6) is -2.34. The number of anilines is 1. The largest absolute Gasteiger partial charge is 0.493 e. The number of Topliss-reactive ketones (excluding diaryl/α,β-unsaturated/α-hetero) is 1. The molecule has 0 fully saturated rings. The summed E-state index contributed by atoms with van der Waals surface area (Å²) in [7, 11) is 3.90. The molecule has 39 heavy (non-hydrogen) atoms. The number of para-hydroxylation sites is 1. The number of carbonyl (C=O) groups excluding carboxylic acids is 3. The molecule has 11 heteroatoms. The molecule has 4 rings (SSSR count). The Morgan fingerprint density at radius 1 is 0.872 bits per heavy atom. The van der Waals surface area contributed by atoms with Crippen LogP contribution < -0.4 is 14.8 Å². The zero-order valence-corrected chi connectivity index (χ0v) is 21.1. The van der Waals surface area contributed by atoms with Gasteiger partial charge >= 0.3 is 12.1 Å². The predicted molar refractivity (Wildman–Crippen MR) is 136 cm³/mol. The van der Waals surface area contributed by atoms with Crippen molar-refractivity contribution in [3.05, 3.63) is 89.1 Å². The number of ether oxygens (including phenoxy) is 3. The molecule has 1 N–H and O–H groups in total. The molecule has 202 valence electrons. The van der Waals surface area contributed by atoms with Crippen molar-refractivity contribution in [1.29, 1.82) is 0 Å². The molecule has 0 aliphatic heterocycles. The van der Waals surface area contributed by atoms with E-state index in [-0.39, 0.29) is 34.9 Å². The highest BCUT2D eigenvalue weighted by Crippen LogP contribution is 2.34. The van der Waals surface area contributed by atoms with Crippen molar-refractivity contribution >= 4 is 34.3 Å². The number of esters is 1. The van der Waals surface area contributed by atoms with Crippen LogP contribution in [0.15, 0.2) is 66.9 Å². The molecule has 1 aromatic heterocycles. The summed E-state index contributed by atoms with van der Waals surface area (Å²) < 4.78 is 56.4. The molecule has 1 heterocycles. The number of rotatable bonds is 8. The summed E-state index contributed by atoms with van der Waals surface area (Å²) in [5.41, 5.74) is 0.0574. The average molecular weight is 540 g/mol. The number of carbonyl (C=O) groups is 3. The maximum atomic E-state index is 13.3. The summed E-state index contributed by atoms with van der Waals surface area (Å²) in [6.45, 7) is 0.0293. The van der Waals surface area contributed by atoms with Gasteiger partial charge in [-0.1, -0.05) is 30.3 Å². The molecule has 0 aliphatic carbocycles. The SMILES string of the molecule is COC(=O)c1cc(OC)c(OC)cc1NC(=O)C(=O)c1cn(Cc2cccc(C(F)(F)F)c2)c2ccccc12. The molecule has 0 saturated carbocycles. The van der Waals surface area contributed by atoms with E-state index >= 15 is 0 Å². The molecule has 0 saturated heterocycles. The topological polar surface area (TPSA) is 95.9 Å². The van der Waals surface area contributed by atoms with Gasteiger partial charge in [0, 0.05) is 35.8 Å². The van der Waals surface area contributed by atoms with E-state index in [1.807, 2.05) is 0 Å². The molecule has 8 nitrogen and oxygen atoms in total. The van der Waals surface area contributed by atoms with E-state index in [1.165, 1.54) is 38.6 Å². The Hall–Kier alpha value is -4.80. The van der Waals surface area contributed by atoms with Crippen LogP contribution in [0.3, 0.4) is 0 Å². The highest BCUT2D eigenvalue weighted by molar-refractivity contribution is 6.48. The zero-order chi connectivity index (χ0) is 28.3. The highest BCUT2D eigenvalue weighted by Gasteiger charge is 2.30. The molecule has 0 bridgehead atoms. The number of hydrogen-bond acceptors (Lipinski definition) is 6. The van der Waals surface area contributed by atoms with Crippen LogP contribution in [0.5, 0.6) is 11.5 Å². The first-order chi connectivity index (χ1) is 18.6. The van der Waals surface area contributed by atoms with E-state index in [4.69, 9.17) is 14.2 Å². The fourth-order valence-corrected chi connectivity index (χ4v) is 4.16. The van der Waals surface area contributed by atoms with Gasteiger partial charge in [-0.15, -0.1) is 0 Å². The molecule has 0 aliphatic rings. The van der Waals surface area contributed by atoms with E-state index in [2.05, 4.69) is 5.32 Å². The van der Waals surface area contributed by atoms with E-state index in [0.717, 1.165) is 19.2 Å². The van der Waals surface area contributed by atoms with Gasteiger partial charge in [0.1, 0.15) is 0 Å². The Morgan fingerprint density at radius 2 is 1.56 bits per heavy atom. The van der Waals surface area contributed by atoms with Crippen molar-refractivity contribution in [1.82, 2.24) is 4.57 Å². The van der Waals surface area contributed by atoms with Crippen LogP contribution in [0, 0.1) is 0 Å². The number of alkyl halides is 3. The lowest BCUT2D eigenvalue weighted by molar-refractivity contribution is -0.137. The Morgan fingerprint density at radius 3 is 2.23 bits per heavy atom. The summed E-state index contributed by atoms with van der Waals surface area (Å²) in [6.07, 6.45) is -3.08. The van der Waals surface area contributed by atoms with Gasteiger partial charge in [-0.3, -0.25) is 9.59 Å². The van der Waals surface area contributed by atoms with Crippen LogP contribution in [0.25, 0.3) is 10.9 Å². The van der Waals surface area contributed by atoms with Crippen molar-refractivity contribution in [2.24, 2.45) is 0 Å². The average Bonchev–Trinajstić information content (AvgIpc) is 3.29. The maximum absolute atomic E-state index is 13.3. The third-order valence-corrected chi connectivity index (χ3v) is 6.02. The Kier molecular flexibility index (Phi) is 7.61. The lowest BCUT2D eigenvalue weighted by Crippen LogP contribution is -2.24. The number of methoxy groups -OCH3 is 3. The Labute approximate surface area is 220 Å². The minimum Gasteiger partial charge on any atom is -0.493 e. The van der Waals surface area contributed by atoms with Gasteiger partial charge in [0.2, 0.25) is 0 Å². The minimum atomic E-state index is -4.50. The molecule has 1 amide bonds. The second kappa shape index (κ2) is 10.9. The Bertz CT molecular complexity index is 1580. The van der Waals surface area contributed by atoms with E-state index in [0.29, 0.717) is 16.5 Å². The van der Waals surface area contributed by atoms with Crippen LogP contribution in [0.1, 0.15) is 31.8 Å². The van der Waals surface area contributed by atoms with Crippen molar-refractivity contribution in [2.75, 3.05) is 26.6 Å². The van der Waals surface area contributed by atoms with Gasteiger partial charge in [0.15, 0.2) is 11.5 Å². The van der Waals surface area contributed by atoms with Gasteiger partial charge in [-0.05, 0) is 23.8 Å². The fourth-order valence-electron chi connectivity index (χ4n) is 4.16. The second-order valence-corrected chi connectivity index (χ2v) is 8.41. The number of halogens is 3. The second-order valence-electron chi connectivity index (χ2n) is 8.41. The quantitative estimate of drug-likeness (QED) is 0.184. The van der Waals surface area contributed by atoms with Gasteiger partial charge in [-0.25, -0.2) is 4.79 Å². The van der Waals surface area contributed by atoms with Crippen LogP contribution in [-0.4, -0.2) is 43.6 Å². The van der Waals surface area contributed by atoms with Gasteiger partial charge < -0.3 is 24.1 Å². The van der Waals surface area contributed by atoms with Crippen LogP contribution in [0.4, 0.5) is 18.9 Å². The molecule has 0 unspecified atom stereocenters.